The largest absolute Gasteiger partial charge is 0.394 e. The number of aliphatic hydroxyl groups excluding tert-OH is 2. The topological polar surface area (TPSA) is 93.1 Å². The molecule has 0 fully saturated rings. The molecule has 0 radical (unpaired) electrons. The average molecular weight is 434 g/mol. The second-order valence-corrected chi connectivity index (χ2v) is 8.96. The predicted octanol–water partition coefficient (Wildman–Crippen LogP) is 2.54. The number of carbonyl (C=O) groups excluding carboxylic acids is 2. The monoisotopic (exact) mass is 433 g/mol. The van der Waals surface area contributed by atoms with Gasteiger partial charge in [0.2, 0.25) is 5.91 Å². The lowest BCUT2D eigenvalue weighted by molar-refractivity contribution is -0.116. The number of carbonyl (C=O) groups is 2. The fourth-order valence-electron chi connectivity index (χ4n) is 4.07. The van der Waals surface area contributed by atoms with Crippen molar-refractivity contribution in [1.29, 1.82) is 0 Å². The van der Waals surface area contributed by atoms with E-state index in [0.29, 0.717) is 24.6 Å². The van der Waals surface area contributed by atoms with Crippen LogP contribution in [0.2, 0.25) is 0 Å². The Morgan fingerprint density at radius 2 is 1.77 bits per heavy atom. The van der Waals surface area contributed by atoms with Crippen LogP contribution in [0.5, 0.6) is 0 Å². The van der Waals surface area contributed by atoms with E-state index in [1.165, 1.54) is 12.8 Å². The van der Waals surface area contributed by atoms with Crippen molar-refractivity contribution in [3.8, 4) is 0 Å². The van der Waals surface area contributed by atoms with Crippen molar-refractivity contribution < 1.29 is 19.8 Å². The summed E-state index contributed by atoms with van der Waals surface area (Å²) in [4.78, 5) is 29.3. The molecule has 0 spiro atoms. The highest BCUT2D eigenvalue weighted by Crippen LogP contribution is 2.26. The summed E-state index contributed by atoms with van der Waals surface area (Å²) in [6.07, 6.45) is 4.62. The van der Waals surface area contributed by atoms with Crippen LogP contribution in [0, 0.1) is 5.92 Å². The third kappa shape index (κ3) is 8.24. The van der Waals surface area contributed by atoms with Crippen LogP contribution < -0.4 is 10.2 Å². The second-order valence-electron chi connectivity index (χ2n) is 8.96. The van der Waals surface area contributed by atoms with Gasteiger partial charge in [0.25, 0.3) is 5.91 Å². The Balaban J connectivity index is 2.37. The van der Waals surface area contributed by atoms with E-state index in [2.05, 4.69) is 24.1 Å². The molecule has 2 rings (SSSR count). The number of benzene rings is 1. The number of anilines is 1. The van der Waals surface area contributed by atoms with Crippen LogP contribution >= 0.6 is 0 Å². The molecule has 3 N–H and O–H groups in total. The van der Waals surface area contributed by atoms with Crippen LogP contribution in [-0.2, 0) is 11.3 Å². The molecule has 1 atom stereocenters. The minimum atomic E-state index is -0.983. The Bertz CT molecular complexity index is 723. The molecule has 1 heterocycles. The lowest BCUT2D eigenvalue weighted by Gasteiger charge is -2.30. The number of nitrogens with zero attached hydrogens (tertiary/aromatic N) is 2. The summed E-state index contributed by atoms with van der Waals surface area (Å²) in [5.41, 5.74) is 2.32. The lowest BCUT2D eigenvalue weighted by atomic mass is 10.0. The molecule has 0 aliphatic carbocycles. The van der Waals surface area contributed by atoms with Gasteiger partial charge in [0, 0.05) is 44.4 Å². The third-order valence-electron chi connectivity index (χ3n) is 5.59. The molecular formula is C24H39N3O4. The first kappa shape index (κ1) is 25.3. The van der Waals surface area contributed by atoms with E-state index in [1.54, 1.807) is 13.0 Å². The Morgan fingerprint density at radius 3 is 2.42 bits per heavy atom. The molecule has 1 aliphatic rings. The molecule has 2 amide bonds. The van der Waals surface area contributed by atoms with Gasteiger partial charge in [0.15, 0.2) is 0 Å². The minimum Gasteiger partial charge on any atom is -0.394 e. The zero-order chi connectivity index (χ0) is 22.8. The highest BCUT2D eigenvalue weighted by Gasteiger charge is 2.20. The van der Waals surface area contributed by atoms with E-state index < -0.39 is 12.7 Å². The number of hydrogen-bond acceptors (Lipinski definition) is 5. The van der Waals surface area contributed by atoms with E-state index in [4.69, 9.17) is 5.11 Å². The van der Waals surface area contributed by atoms with Crippen molar-refractivity contribution in [3.63, 3.8) is 0 Å². The van der Waals surface area contributed by atoms with Crippen LogP contribution in [0.3, 0.4) is 0 Å². The normalized spacial score (nSPS) is 17.4. The van der Waals surface area contributed by atoms with Gasteiger partial charge in [-0.2, -0.15) is 0 Å². The van der Waals surface area contributed by atoms with Crippen LogP contribution in [0.25, 0.3) is 0 Å². The smallest absolute Gasteiger partial charge is 0.251 e. The Morgan fingerprint density at radius 1 is 1.10 bits per heavy atom. The molecule has 0 aromatic heterocycles. The molecular weight excluding hydrogens is 394 g/mol. The molecule has 1 aromatic carbocycles. The highest BCUT2D eigenvalue weighted by molar-refractivity contribution is 5.97. The van der Waals surface area contributed by atoms with E-state index in [1.807, 2.05) is 17.0 Å². The van der Waals surface area contributed by atoms with Gasteiger partial charge in [0.1, 0.15) is 0 Å². The van der Waals surface area contributed by atoms with Gasteiger partial charge in [-0.15, -0.1) is 0 Å². The summed E-state index contributed by atoms with van der Waals surface area (Å²) in [7, 11) is 0. The Labute approximate surface area is 186 Å². The van der Waals surface area contributed by atoms with Crippen LogP contribution in [0.15, 0.2) is 18.2 Å². The summed E-state index contributed by atoms with van der Waals surface area (Å²) in [6, 6.07) is 5.46. The first-order chi connectivity index (χ1) is 14.8. The molecule has 0 saturated heterocycles. The summed E-state index contributed by atoms with van der Waals surface area (Å²) in [6.45, 7) is 8.91. The zero-order valence-electron chi connectivity index (χ0n) is 19.3. The minimum absolute atomic E-state index is 0.00847. The van der Waals surface area contributed by atoms with Crippen molar-refractivity contribution in [2.24, 2.45) is 5.92 Å². The maximum Gasteiger partial charge on any atom is 0.251 e. The van der Waals surface area contributed by atoms with Crippen molar-refractivity contribution in [3.05, 3.63) is 29.3 Å². The Kier molecular flexibility index (Phi) is 10.4. The van der Waals surface area contributed by atoms with Crippen LogP contribution in [0.4, 0.5) is 5.69 Å². The number of amides is 2. The van der Waals surface area contributed by atoms with Gasteiger partial charge >= 0.3 is 0 Å². The van der Waals surface area contributed by atoms with Crippen LogP contribution in [-0.4, -0.2) is 65.8 Å². The summed E-state index contributed by atoms with van der Waals surface area (Å²) >= 11 is 0. The molecule has 0 saturated carbocycles. The summed E-state index contributed by atoms with van der Waals surface area (Å²) in [5.74, 6) is 0.231. The number of hydrogen-bond donors (Lipinski definition) is 3. The quantitative estimate of drug-likeness (QED) is 0.641. The molecule has 7 nitrogen and oxygen atoms in total. The fraction of sp³-hybridized carbons (Fsp3) is 0.667. The van der Waals surface area contributed by atoms with Crippen molar-refractivity contribution in [2.45, 2.75) is 65.5 Å². The Hall–Kier alpha value is -1.96. The third-order valence-corrected chi connectivity index (χ3v) is 5.59. The van der Waals surface area contributed by atoms with Crippen LogP contribution in [0.1, 0.15) is 68.8 Å². The van der Waals surface area contributed by atoms with Gasteiger partial charge in [-0.1, -0.05) is 33.1 Å². The van der Waals surface area contributed by atoms with Gasteiger partial charge in [-0.05, 0) is 49.1 Å². The average Bonchev–Trinajstić information content (AvgIpc) is 2.72. The maximum absolute atomic E-state index is 12.6. The number of nitrogens with one attached hydrogen (secondary N) is 1. The highest BCUT2D eigenvalue weighted by atomic mass is 16.3. The standard InChI is InChI=1S/C24H39N3O4/c1-18(2)15-26-11-7-5-4-6-8-12-27(19(3)29)23-10-9-20(13-21(23)16-26)24(31)25-14-22(30)17-28/h9-10,13,18,22,28,30H,4-8,11-12,14-17H2,1-3H3,(H,25,31). The SMILES string of the molecule is CC(=O)N1CCCCCCCN(CC(C)C)Cc2cc(C(=O)NCC(O)CO)ccc21. The van der Waals surface area contributed by atoms with Gasteiger partial charge in [-0.25, -0.2) is 0 Å². The summed E-state index contributed by atoms with van der Waals surface area (Å²) < 4.78 is 0. The maximum atomic E-state index is 12.6. The first-order valence-corrected chi connectivity index (χ1v) is 11.5. The molecule has 1 unspecified atom stereocenters. The predicted molar refractivity (Wildman–Crippen MR) is 123 cm³/mol. The van der Waals surface area contributed by atoms with E-state index in [-0.39, 0.29) is 18.4 Å². The number of rotatable bonds is 6. The van der Waals surface area contributed by atoms with E-state index in [0.717, 1.165) is 43.6 Å². The van der Waals surface area contributed by atoms with Gasteiger partial charge in [-0.3, -0.25) is 14.5 Å². The van der Waals surface area contributed by atoms with E-state index in [9.17, 15) is 14.7 Å². The molecule has 31 heavy (non-hydrogen) atoms. The first-order valence-electron chi connectivity index (χ1n) is 11.5. The second kappa shape index (κ2) is 12.8. The van der Waals surface area contributed by atoms with E-state index >= 15 is 0 Å². The van der Waals surface area contributed by atoms with Crippen molar-refractivity contribution in [1.82, 2.24) is 10.2 Å². The molecule has 0 bridgehead atoms. The van der Waals surface area contributed by atoms with Gasteiger partial charge in [0.05, 0.1) is 12.7 Å². The lowest BCUT2D eigenvalue weighted by Crippen LogP contribution is -2.35. The number of aliphatic hydroxyl groups is 2. The molecule has 174 valence electrons. The zero-order valence-corrected chi connectivity index (χ0v) is 19.3. The molecule has 1 aliphatic heterocycles. The molecule has 1 aromatic rings. The van der Waals surface area contributed by atoms with Crippen molar-refractivity contribution >= 4 is 17.5 Å². The fourth-order valence-corrected chi connectivity index (χ4v) is 4.07. The number of fused-ring (bicyclic) bond motifs is 1. The van der Waals surface area contributed by atoms with Crippen molar-refractivity contribution in [2.75, 3.05) is 37.7 Å². The summed E-state index contributed by atoms with van der Waals surface area (Å²) in [5, 5.41) is 21.1. The van der Waals surface area contributed by atoms with Gasteiger partial charge < -0.3 is 20.4 Å². The molecule has 7 heteroatoms.